The van der Waals surface area contributed by atoms with Gasteiger partial charge in [-0.1, -0.05) is 22.9 Å². The number of nitrogens with one attached hydrogen (secondary N) is 1. The first-order valence-electron chi connectivity index (χ1n) is 4.99. The Morgan fingerprint density at radius 3 is 3.00 bits per heavy atom. The standard InChI is InChI=1S/C11H6ClN3OS2/c12-9-5-13-11(17-9)10(16)15-7-1-2-8-6(3-7)4-14-18-8/h1-5H,(H,15,16). The summed E-state index contributed by atoms with van der Waals surface area (Å²) in [5.74, 6) is -0.255. The normalized spacial score (nSPS) is 10.7. The van der Waals surface area contributed by atoms with E-state index in [9.17, 15) is 4.79 Å². The number of carbonyl (C=O) groups excluding carboxylic acids is 1. The van der Waals surface area contributed by atoms with E-state index in [2.05, 4.69) is 14.7 Å². The van der Waals surface area contributed by atoms with E-state index in [-0.39, 0.29) is 5.91 Å². The Bertz CT molecular complexity index is 722. The minimum atomic E-state index is -0.255. The molecular weight excluding hydrogens is 290 g/mol. The van der Waals surface area contributed by atoms with Crippen LogP contribution in [0.15, 0.2) is 30.6 Å². The summed E-state index contributed by atoms with van der Waals surface area (Å²) in [6, 6.07) is 5.65. The molecule has 0 saturated heterocycles. The summed E-state index contributed by atoms with van der Waals surface area (Å²) in [6.45, 7) is 0. The quantitative estimate of drug-likeness (QED) is 0.785. The van der Waals surface area contributed by atoms with Crippen molar-refractivity contribution in [1.82, 2.24) is 9.36 Å². The van der Waals surface area contributed by atoms with Gasteiger partial charge in [0, 0.05) is 17.3 Å². The lowest BCUT2D eigenvalue weighted by atomic mass is 10.2. The molecule has 4 nitrogen and oxygen atoms in total. The summed E-state index contributed by atoms with van der Waals surface area (Å²) in [5.41, 5.74) is 0.721. The van der Waals surface area contributed by atoms with Crippen LogP contribution >= 0.6 is 34.5 Å². The number of nitrogens with zero attached hydrogens (tertiary/aromatic N) is 2. The molecule has 7 heteroatoms. The van der Waals surface area contributed by atoms with Crippen molar-refractivity contribution in [3.05, 3.63) is 39.9 Å². The number of rotatable bonds is 2. The Labute approximate surface area is 115 Å². The lowest BCUT2D eigenvalue weighted by molar-refractivity contribution is 0.102. The number of hydrogen-bond donors (Lipinski definition) is 1. The molecule has 2 aromatic heterocycles. The molecule has 1 aromatic carbocycles. The number of benzene rings is 1. The number of aromatic nitrogens is 2. The maximum absolute atomic E-state index is 11.9. The van der Waals surface area contributed by atoms with Crippen molar-refractivity contribution < 1.29 is 4.79 Å². The van der Waals surface area contributed by atoms with Gasteiger partial charge in [-0.05, 0) is 29.7 Å². The molecule has 0 aliphatic rings. The van der Waals surface area contributed by atoms with E-state index in [0.29, 0.717) is 9.34 Å². The zero-order chi connectivity index (χ0) is 12.5. The van der Waals surface area contributed by atoms with Crippen LogP contribution in [-0.4, -0.2) is 15.3 Å². The highest BCUT2D eigenvalue weighted by atomic mass is 35.5. The van der Waals surface area contributed by atoms with Crippen molar-refractivity contribution in [2.24, 2.45) is 0 Å². The van der Waals surface area contributed by atoms with Gasteiger partial charge < -0.3 is 5.32 Å². The first-order chi connectivity index (χ1) is 8.72. The monoisotopic (exact) mass is 295 g/mol. The Morgan fingerprint density at radius 2 is 2.22 bits per heavy atom. The largest absolute Gasteiger partial charge is 0.320 e. The summed E-state index contributed by atoms with van der Waals surface area (Å²) in [4.78, 5) is 15.8. The Hall–Kier alpha value is -1.50. The molecule has 3 rings (SSSR count). The van der Waals surface area contributed by atoms with E-state index >= 15 is 0 Å². The summed E-state index contributed by atoms with van der Waals surface area (Å²) in [5, 5.41) is 4.14. The highest BCUT2D eigenvalue weighted by Gasteiger charge is 2.11. The van der Waals surface area contributed by atoms with Gasteiger partial charge in [0.15, 0.2) is 5.01 Å². The summed E-state index contributed by atoms with van der Waals surface area (Å²) >= 11 is 8.32. The number of hydrogen-bond acceptors (Lipinski definition) is 5. The predicted octanol–water partition coefficient (Wildman–Crippen LogP) is 3.66. The van der Waals surface area contributed by atoms with E-state index in [0.717, 1.165) is 27.1 Å². The minimum Gasteiger partial charge on any atom is -0.320 e. The van der Waals surface area contributed by atoms with Crippen LogP contribution in [0, 0.1) is 0 Å². The SMILES string of the molecule is O=C(Nc1ccc2sncc2c1)c1ncc(Cl)s1. The molecule has 0 spiro atoms. The van der Waals surface area contributed by atoms with Gasteiger partial charge in [-0.25, -0.2) is 4.98 Å². The van der Waals surface area contributed by atoms with E-state index in [4.69, 9.17) is 11.6 Å². The summed E-state index contributed by atoms with van der Waals surface area (Å²) in [6.07, 6.45) is 3.24. The van der Waals surface area contributed by atoms with Gasteiger partial charge in [0.2, 0.25) is 0 Å². The van der Waals surface area contributed by atoms with Crippen LogP contribution < -0.4 is 5.32 Å². The number of amides is 1. The molecule has 0 atom stereocenters. The third-order valence-electron chi connectivity index (χ3n) is 2.28. The van der Waals surface area contributed by atoms with Crippen molar-refractivity contribution in [3.8, 4) is 0 Å². The first-order valence-corrected chi connectivity index (χ1v) is 6.96. The molecule has 0 unspecified atom stereocenters. The van der Waals surface area contributed by atoms with Gasteiger partial charge in [0.1, 0.15) is 4.34 Å². The minimum absolute atomic E-state index is 0.255. The van der Waals surface area contributed by atoms with E-state index in [1.165, 1.54) is 17.7 Å². The van der Waals surface area contributed by atoms with Gasteiger partial charge in [-0.2, -0.15) is 4.37 Å². The van der Waals surface area contributed by atoms with Crippen LogP contribution in [0.1, 0.15) is 9.80 Å². The topological polar surface area (TPSA) is 54.9 Å². The fourth-order valence-corrected chi connectivity index (χ4v) is 2.93. The predicted molar refractivity (Wildman–Crippen MR) is 74.7 cm³/mol. The smallest absolute Gasteiger partial charge is 0.284 e. The molecule has 18 heavy (non-hydrogen) atoms. The Morgan fingerprint density at radius 1 is 1.33 bits per heavy atom. The lowest BCUT2D eigenvalue weighted by Gasteiger charge is -2.02. The van der Waals surface area contributed by atoms with Crippen LogP contribution in [0.3, 0.4) is 0 Å². The van der Waals surface area contributed by atoms with Crippen LogP contribution in [0.2, 0.25) is 4.34 Å². The maximum Gasteiger partial charge on any atom is 0.284 e. The molecule has 1 amide bonds. The zero-order valence-electron chi connectivity index (χ0n) is 8.88. The molecule has 90 valence electrons. The number of thiazole rings is 1. The first kappa shape index (κ1) is 11.6. The third kappa shape index (κ3) is 2.22. The number of fused-ring (bicyclic) bond motifs is 1. The van der Waals surface area contributed by atoms with Crippen molar-refractivity contribution in [3.63, 3.8) is 0 Å². The third-order valence-corrected chi connectivity index (χ3v) is 4.18. The molecule has 0 bridgehead atoms. The number of anilines is 1. The van der Waals surface area contributed by atoms with Gasteiger partial charge in [0.05, 0.1) is 10.9 Å². The Balaban J connectivity index is 1.85. The van der Waals surface area contributed by atoms with Gasteiger partial charge in [-0.3, -0.25) is 4.79 Å². The molecule has 0 aliphatic carbocycles. The van der Waals surface area contributed by atoms with Gasteiger partial charge in [-0.15, -0.1) is 0 Å². The van der Waals surface area contributed by atoms with Crippen molar-refractivity contribution in [2.45, 2.75) is 0 Å². The molecule has 3 aromatic rings. The molecule has 2 heterocycles. The second kappa shape index (κ2) is 4.64. The maximum atomic E-state index is 11.9. The Kier molecular flexibility index (Phi) is 2.99. The van der Waals surface area contributed by atoms with E-state index in [1.54, 1.807) is 6.20 Å². The molecule has 0 radical (unpaired) electrons. The summed E-state index contributed by atoms with van der Waals surface area (Å²) in [7, 11) is 0. The molecule has 1 N–H and O–H groups in total. The van der Waals surface area contributed by atoms with E-state index < -0.39 is 0 Å². The molecule has 0 aliphatic heterocycles. The van der Waals surface area contributed by atoms with Crippen molar-refractivity contribution in [2.75, 3.05) is 5.32 Å². The second-order valence-electron chi connectivity index (χ2n) is 3.50. The zero-order valence-corrected chi connectivity index (χ0v) is 11.3. The summed E-state index contributed by atoms with van der Waals surface area (Å²) < 4.78 is 5.67. The van der Waals surface area contributed by atoms with Crippen LogP contribution in [0.4, 0.5) is 5.69 Å². The second-order valence-corrected chi connectivity index (χ2v) is 6.00. The fraction of sp³-hybridized carbons (Fsp3) is 0. The van der Waals surface area contributed by atoms with E-state index in [1.807, 2.05) is 18.2 Å². The average Bonchev–Trinajstić information content (AvgIpc) is 2.96. The number of carbonyl (C=O) groups is 1. The number of halogens is 1. The highest BCUT2D eigenvalue weighted by molar-refractivity contribution is 7.17. The van der Waals surface area contributed by atoms with Gasteiger partial charge in [0.25, 0.3) is 5.91 Å². The lowest BCUT2D eigenvalue weighted by Crippen LogP contribution is -2.11. The van der Waals surface area contributed by atoms with Crippen molar-refractivity contribution >= 4 is 56.2 Å². The van der Waals surface area contributed by atoms with Gasteiger partial charge >= 0.3 is 0 Å². The molecule has 0 saturated carbocycles. The van der Waals surface area contributed by atoms with Crippen LogP contribution in [0.5, 0.6) is 0 Å². The van der Waals surface area contributed by atoms with Crippen LogP contribution in [-0.2, 0) is 0 Å². The van der Waals surface area contributed by atoms with Crippen molar-refractivity contribution in [1.29, 1.82) is 0 Å². The molecular formula is C11H6ClN3OS2. The average molecular weight is 296 g/mol. The fourth-order valence-electron chi connectivity index (χ4n) is 1.49. The molecule has 0 fully saturated rings. The highest BCUT2D eigenvalue weighted by Crippen LogP contribution is 2.23. The van der Waals surface area contributed by atoms with Crippen LogP contribution in [0.25, 0.3) is 10.1 Å².